The highest BCUT2D eigenvalue weighted by molar-refractivity contribution is 5.62. The topological polar surface area (TPSA) is 37.3 Å². The zero-order valence-electron chi connectivity index (χ0n) is 10.1. The van der Waals surface area contributed by atoms with Gasteiger partial charge in [-0.25, -0.2) is 0 Å². The lowest BCUT2D eigenvalue weighted by Gasteiger charge is -2.37. The molecule has 0 heterocycles. The van der Waals surface area contributed by atoms with E-state index >= 15 is 0 Å². The van der Waals surface area contributed by atoms with Crippen LogP contribution < -0.4 is 0 Å². The highest BCUT2D eigenvalue weighted by Gasteiger charge is 2.30. The molecule has 2 heteroatoms. The highest BCUT2D eigenvalue weighted by Crippen LogP contribution is 2.40. The minimum Gasteiger partial charge on any atom is -0.481 e. The van der Waals surface area contributed by atoms with Crippen LogP contribution in [0.2, 0.25) is 0 Å². The second-order valence-electron chi connectivity index (χ2n) is 5.01. The van der Waals surface area contributed by atoms with Gasteiger partial charge in [-0.05, 0) is 10.8 Å². The summed E-state index contributed by atoms with van der Waals surface area (Å²) < 4.78 is 0. The van der Waals surface area contributed by atoms with Crippen molar-refractivity contribution in [3.8, 4) is 0 Å². The molecule has 13 heavy (non-hydrogen) atoms. The fourth-order valence-corrected chi connectivity index (χ4v) is 0.530. The van der Waals surface area contributed by atoms with Crippen LogP contribution in [-0.2, 0) is 4.79 Å². The Morgan fingerprint density at radius 1 is 1.15 bits per heavy atom. The Hall–Kier alpha value is -0.530. The molecule has 0 radical (unpaired) electrons. The lowest BCUT2D eigenvalue weighted by molar-refractivity contribution is -0.134. The van der Waals surface area contributed by atoms with E-state index in [1.54, 1.807) is 0 Å². The molecule has 0 atom stereocenters. The van der Waals surface area contributed by atoms with E-state index < -0.39 is 5.97 Å². The fourth-order valence-electron chi connectivity index (χ4n) is 0.530. The maximum absolute atomic E-state index is 9.00. The average Bonchev–Trinajstić information content (AvgIpc) is 1.84. The summed E-state index contributed by atoms with van der Waals surface area (Å²) >= 11 is 0. The van der Waals surface area contributed by atoms with Crippen molar-refractivity contribution in [3.05, 3.63) is 0 Å². The molecule has 0 aliphatic carbocycles. The summed E-state index contributed by atoms with van der Waals surface area (Å²) in [6, 6.07) is 0. The molecule has 2 nitrogen and oxygen atoms in total. The number of carbonyl (C=O) groups is 1. The van der Waals surface area contributed by atoms with Crippen molar-refractivity contribution in [1.82, 2.24) is 0 Å². The fraction of sp³-hybridized carbons (Fsp3) is 0.909. The normalized spacial score (nSPS) is 11.6. The van der Waals surface area contributed by atoms with Gasteiger partial charge in [0.1, 0.15) is 0 Å². The monoisotopic (exact) mass is 188 g/mol. The Balaban J connectivity index is 0. The van der Waals surface area contributed by atoms with E-state index in [0.717, 1.165) is 6.92 Å². The van der Waals surface area contributed by atoms with E-state index in [-0.39, 0.29) is 0 Å². The molecule has 0 fully saturated rings. The Labute approximate surface area is 82.4 Å². The van der Waals surface area contributed by atoms with Crippen LogP contribution in [0.15, 0.2) is 0 Å². The first-order valence-corrected chi connectivity index (χ1v) is 4.74. The first kappa shape index (κ1) is 15.0. The number of hydrogen-bond donors (Lipinski definition) is 1. The van der Waals surface area contributed by atoms with E-state index in [9.17, 15) is 0 Å². The zero-order chi connectivity index (χ0) is 11.3. The number of carboxylic acid groups (broad SMARTS) is 1. The van der Waals surface area contributed by atoms with Crippen molar-refractivity contribution in [2.75, 3.05) is 0 Å². The molecule has 0 saturated heterocycles. The predicted octanol–water partition coefficient (Wildman–Crippen LogP) is 3.56. The first-order valence-electron chi connectivity index (χ1n) is 4.74. The molecular weight excluding hydrogens is 164 g/mol. The quantitative estimate of drug-likeness (QED) is 0.683. The van der Waals surface area contributed by atoms with Crippen LogP contribution in [0.3, 0.4) is 0 Å². The van der Waals surface area contributed by atoms with Crippen molar-refractivity contribution in [3.63, 3.8) is 0 Å². The molecule has 80 valence electrons. The van der Waals surface area contributed by atoms with Gasteiger partial charge in [-0.3, -0.25) is 4.79 Å². The second kappa shape index (κ2) is 5.25. The number of aliphatic carboxylic acids is 1. The Morgan fingerprint density at radius 2 is 1.38 bits per heavy atom. The minimum atomic E-state index is -0.833. The van der Waals surface area contributed by atoms with Crippen LogP contribution in [0.1, 0.15) is 54.9 Å². The van der Waals surface area contributed by atoms with Crippen molar-refractivity contribution in [1.29, 1.82) is 0 Å². The Morgan fingerprint density at radius 3 is 1.38 bits per heavy atom. The standard InChI is InChI=1S/C9H20.C2H4O2/c1-7-9(5,6)8(2,3)4;1-2(3)4/h7H2,1-6H3;1H3,(H,3,4). The van der Waals surface area contributed by atoms with Crippen LogP contribution in [0.4, 0.5) is 0 Å². The van der Waals surface area contributed by atoms with Gasteiger partial charge in [-0.1, -0.05) is 48.0 Å². The smallest absolute Gasteiger partial charge is 0.300 e. The van der Waals surface area contributed by atoms with Crippen LogP contribution in [0.25, 0.3) is 0 Å². The third-order valence-electron chi connectivity index (χ3n) is 2.91. The van der Waals surface area contributed by atoms with Crippen molar-refractivity contribution < 1.29 is 9.90 Å². The molecule has 0 spiro atoms. The van der Waals surface area contributed by atoms with Crippen LogP contribution in [0.5, 0.6) is 0 Å². The number of carboxylic acids is 1. The minimum absolute atomic E-state index is 0.446. The molecule has 0 unspecified atom stereocenters. The number of hydrogen-bond acceptors (Lipinski definition) is 1. The van der Waals surface area contributed by atoms with Crippen LogP contribution in [0, 0.1) is 10.8 Å². The van der Waals surface area contributed by atoms with Gasteiger partial charge in [0.25, 0.3) is 5.97 Å². The third-order valence-corrected chi connectivity index (χ3v) is 2.91. The molecule has 0 bridgehead atoms. The van der Waals surface area contributed by atoms with Gasteiger partial charge in [0.2, 0.25) is 0 Å². The Kier molecular flexibility index (Phi) is 6.05. The predicted molar refractivity (Wildman–Crippen MR) is 56.8 cm³/mol. The maximum Gasteiger partial charge on any atom is 0.300 e. The van der Waals surface area contributed by atoms with E-state index in [0.29, 0.717) is 10.8 Å². The van der Waals surface area contributed by atoms with Gasteiger partial charge in [0, 0.05) is 6.92 Å². The van der Waals surface area contributed by atoms with Gasteiger partial charge >= 0.3 is 0 Å². The first-order chi connectivity index (χ1) is 5.54. The van der Waals surface area contributed by atoms with Crippen molar-refractivity contribution in [2.24, 2.45) is 10.8 Å². The third kappa shape index (κ3) is 7.82. The molecular formula is C11H24O2. The molecule has 0 aromatic carbocycles. The SMILES string of the molecule is CC(=O)O.CCC(C)(C)C(C)(C)C. The molecule has 0 saturated carbocycles. The molecule has 0 rings (SSSR count). The van der Waals surface area contributed by atoms with Crippen molar-refractivity contribution in [2.45, 2.75) is 54.9 Å². The van der Waals surface area contributed by atoms with Crippen LogP contribution >= 0.6 is 0 Å². The molecule has 0 amide bonds. The van der Waals surface area contributed by atoms with Crippen molar-refractivity contribution >= 4 is 5.97 Å². The van der Waals surface area contributed by atoms with Gasteiger partial charge in [0.05, 0.1) is 0 Å². The van der Waals surface area contributed by atoms with E-state index in [4.69, 9.17) is 9.90 Å². The Bertz CT molecular complexity index is 148. The lowest BCUT2D eigenvalue weighted by atomic mass is 9.68. The molecule has 1 N–H and O–H groups in total. The average molecular weight is 188 g/mol. The van der Waals surface area contributed by atoms with E-state index in [2.05, 4.69) is 41.5 Å². The summed E-state index contributed by atoms with van der Waals surface area (Å²) in [5.74, 6) is -0.833. The summed E-state index contributed by atoms with van der Waals surface area (Å²) in [6.07, 6.45) is 1.26. The van der Waals surface area contributed by atoms with Gasteiger partial charge in [-0.2, -0.15) is 0 Å². The molecule has 0 aromatic rings. The molecule has 0 aliphatic rings. The van der Waals surface area contributed by atoms with Gasteiger partial charge in [0.15, 0.2) is 0 Å². The molecule has 0 aliphatic heterocycles. The zero-order valence-corrected chi connectivity index (χ0v) is 10.1. The van der Waals surface area contributed by atoms with E-state index in [1.807, 2.05) is 0 Å². The summed E-state index contributed by atoms with van der Waals surface area (Å²) in [5.41, 5.74) is 0.925. The van der Waals surface area contributed by atoms with Gasteiger partial charge < -0.3 is 5.11 Å². The van der Waals surface area contributed by atoms with Crippen LogP contribution in [-0.4, -0.2) is 11.1 Å². The van der Waals surface area contributed by atoms with E-state index in [1.165, 1.54) is 6.42 Å². The summed E-state index contributed by atoms with van der Waals surface area (Å²) in [7, 11) is 0. The summed E-state index contributed by atoms with van der Waals surface area (Å²) in [4.78, 5) is 9.00. The van der Waals surface area contributed by atoms with Gasteiger partial charge in [-0.15, -0.1) is 0 Å². The second-order valence-corrected chi connectivity index (χ2v) is 5.01. The summed E-state index contributed by atoms with van der Waals surface area (Å²) in [5, 5.41) is 7.42. The molecule has 0 aromatic heterocycles. The maximum atomic E-state index is 9.00. The largest absolute Gasteiger partial charge is 0.481 e. The summed E-state index contributed by atoms with van der Waals surface area (Å²) in [6.45, 7) is 14.9. The highest BCUT2D eigenvalue weighted by atomic mass is 16.4. The lowest BCUT2D eigenvalue weighted by Crippen LogP contribution is -2.28. The number of rotatable bonds is 1.